The molecule has 2 aromatic rings. The highest BCUT2D eigenvalue weighted by molar-refractivity contribution is 5.79. The number of hydrogen-bond acceptors (Lipinski definition) is 4. The van der Waals surface area contributed by atoms with Gasteiger partial charge in [0, 0.05) is 45.9 Å². The number of aliphatic imine (C=N–C) groups is 1. The number of methoxy groups -OCH3 is 3. The standard InChI is InChI=1S/C21H29N3O3/c1-22-21(23-13-16-6-8-17(9-7-16)15-25-3)24(2)14-18-10-11-19(26-4)12-20(18)27-5/h6-12H,13-15H2,1-5H3,(H,22,23). The van der Waals surface area contributed by atoms with Gasteiger partial charge >= 0.3 is 0 Å². The largest absolute Gasteiger partial charge is 0.497 e. The van der Waals surface area contributed by atoms with E-state index in [0.717, 1.165) is 28.6 Å². The molecule has 2 aromatic carbocycles. The normalized spacial score (nSPS) is 11.2. The summed E-state index contributed by atoms with van der Waals surface area (Å²) in [4.78, 5) is 6.44. The molecule has 0 atom stereocenters. The van der Waals surface area contributed by atoms with Crippen molar-refractivity contribution in [3.8, 4) is 11.5 Å². The highest BCUT2D eigenvalue weighted by Gasteiger charge is 2.11. The number of hydrogen-bond donors (Lipinski definition) is 1. The first-order valence-electron chi connectivity index (χ1n) is 8.80. The Bertz CT molecular complexity index is 745. The molecule has 2 rings (SSSR count). The minimum absolute atomic E-state index is 0.627. The van der Waals surface area contributed by atoms with E-state index in [1.165, 1.54) is 5.56 Å². The van der Waals surface area contributed by atoms with Gasteiger partial charge in [0.15, 0.2) is 5.96 Å². The van der Waals surface area contributed by atoms with E-state index in [0.29, 0.717) is 19.7 Å². The SMILES string of the molecule is CN=C(NCc1ccc(COC)cc1)N(C)Cc1ccc(OC)cc1OC. The molecule has 0 aromatic heterocycles. The van der Waals surface area contributed by atoms with E-state index in [2.05, 4.69) is 39.5 Å². The zero-order valence-corrected chi connectivity index (χ0v) is 16.8. The maximum Gasteiger partial charge on any atom is 0.193 e. The predicted molar refractivity (Wildman–Crippen MR) is 108 cm³/mol. The van der Waals surface area contributed by atoms with Gasteiger partial charge in [-0.3, -0.25) is 4.99 Å². The molecule has 146 valence electrons. The van der Waals surface area contributed by atoms with E-state index in [1.54, 1.807) is 28.4 Å². The van der Waals surface area contributed by atoms with Crippen molar-refractivity contribution in [1.82, 2.24) is 10.2 Å². The second kappa shape index (κ2) is 10.4. The molecule has 27 heavy (non-hydrogen) atoms. The van der Waals surface area contributed by atoms with Crippen molar-refractivity contribution in [3.05, 3.63) is 59.2 Å². The Morgan fingerprint density at radius 1 is 1.00 bits per heavy atom. The molecule has 0 amide bonds. The van der Waals surface area contributed by atoms with Crippen LogP contribution in [0.3, 0.4) is 0 Å². The Hall–Kier alpha value is -2.73. The van der Waals surface area contributed by atoms with Crippen molar-refractivity contribution in [2.75, 3.05) is 35.4 Å². The van der Waals surface area contributed by atoms with Crippen molar-refractivity contribution < 1.29 is 14.2 Å². The smallest absolute Gasteiger partial charge is 0.193 e. The molecule has 6 nitrogen and oxygen atoms in total. The summed E-state index contributed by atoms with van der Waals surface area (Å²) in [7, 11) is 8.80. The molecular weight excluding hydrogens is 342 g/mol. The van der Waals surface area contributed by atoms with Gasteiger partial charge in [0.1, 0.15) is 11.5 Å². The molecule has 0 saturated heterocycles. The highest BCUT2D eigenvalue weighted by Crippen LogP contribution is 2.25. The van der Waals surface area contributed by atoms with Crippen LogP contribution in [-0.2, 0) is 24.4 Å². The molecule has 0 spiro atoms. The van der Waals surface area contributed by atoms with Crippen LogP contribution < -0.4 is 14.8 Å². The molecule has 0 aliphatic heterocycles. The number of ether oxygens (including phenoxy) is 3. The van der Waals surface area contributed by atoms with Crippen LogP contribution in [0.1, 0.15) is 16.7 Å². The average molecular weight is 371 g/mol. The van der Waals surface area contributed by atoms with E-state index in [1.807, 2.05) is 25.2 Å². The fraction of sp³-hybridized carbons (Fsp3) is 0.381. The van der Waals surface area contributed by atoms with Crippen LogP contribution in [0.4, 0.5) is 0 Å². The van der Waals surface area contributed by atoms with Gasteiger partial charge in [0.2, 0.25) is 0 Å². The monoisotopic (exact) mass is 371 g/mol. The maximum atomic E-state index is 5.49. The molecule has 0 aliphatic carbocycles. The van der Waals surface area contributed by atoms with Crippen molar-refractivity contribution in [3.63, 3.8) is 0 Å². The quantitative estimate of drug-likeness (QED) is 0.571. The predicted octanol–water partition coefficient (Wildman–Crippen LogP) is 3.06. The molecule has 0 fully saturated rings. The molecule has 0 unspecified atom stereocenters. The van der Waals surface area contributed by atoms with Crippen LogP contribution in [0.25, 0.3) is 0 Å². The molecule has 1 N–H and O–H groups in total. The molecule has 0 heterocycles. The van der Waals surface area contributed by atoms with Gasteiger partial charge in [-0.2, -0.15) is 0 Å². The third-order valence-electron chi connectivity index (χ3n) is 4.26. The molecule has 0 bridgehead atoms. The third-order valence-corrected chi connectivity index (χ3v) is 4.26. The number of nitrogens with one attached hydrogen (secondary N) is 1. The first kappa shape index (κ1) is 20.6. The zero-order valence-electron chi connectivity index (χ0n) is 16.8. The number of guanidine groups is 1. The minimum atomic E-state index is 0.627. The topological polar surface area (TPSA) is 55.3 Å². The molecule has 0 radical (unpaired) electrons. The second-order valence-corrected chi connectivity index (χ2v) is 6.18. The van der Waals surface area contributed by atoms with E-state index >= 15 is 0 Å². The van der Waals surface area contributed by atoms with Crippen LogP contribution in [0.15, 0.2) is 47.5 Å². The Balaban J connectivity index is 1.98. The maximum absolute atomic E-state index is 5.49. The summed E-state index contributed by atoms with van der Waals surface area (Å²) in [6.45, 7) is 1.99. The first-order chi connectivity index (χ1) is 13.1. The van der Waals surface area contributed by atoms with Crippen LogP contribution in [0.2, 0.25) is 0 Å². The molecule has 6 heteroatoms. The van der Waals surface area contributed by atoms with Crippen molar-refractivity contribution in [2.45, 2.75) is 19.7 Å². The van der Waals surface area contributed by atoms with Gasteiger partial charge in [-0.25, -0.2) is 0 Å². The van der Waals surface area contributed by atoms with Gasteiger partial charge in [-0.15, -0.1) is 0 Å². The van der Waals surface area contributed by atoms with Crippen LogP contribution >= 0.6 is 0 Å². The fourth-order valence-electron chi connectivity index (χ4n) is 2.80. The number of nitrogens with zero attached hydrogens (tertiary/aromatic N) is 2. The molecule has 0 saturated carbocycles. The van der Waals surface area contributed by atoms with Crippen molar-refractivity contribution >= 4 is 5.96 Å². The Labute approximate surface area is 161 Å². The lowest BCUT2D eigenvalue weighted by atomic mass is 10.1. The van der Waals surface area contributed by atoms with Crippen LogP contribution in [0.5, 0.6) is 11.5 Å². The summed E-state index contributed by atoms with van der Waals surface area (Å²) in [5.74, 6) is 2.39. The fourth-order valence-corrected chi connectivity index (χ4v) is 2.80. The summed E-state index contributed by atoms with van der Waals surface area (Å²) < 4.78 is 15.9. The first-order valence-corrected chi connectivity index (χ1v) is 8.80. The average Bonchev–Trinajstić information content (AvgIpc) is 2.70. The molecular formula is C21H29N3O3. The van der Waals surface area contributed by atoms with Gasteiger partial charge in [0.25, 0.3) is 0 Å². The number of benzene rings is 2. The summed E-state index contributed by atoms with van der Waals surface area (Å²) in [5, 5.41) is 3.40. The third kappa shape index (κ3) is 5.89. The lowest BCUT2D eigenvalue weighted by Gasteiger charge is -2.23. The van der Waals surface area contributed by atoms with Gasteiger partial charge < -0.3 is 24.4 Å². The van der Waals surface area contributed by atoms with E-state index in [9.17, 15) is 0 Å². The van der Waals surface area contributed by atoms with Gasteiger partial charge in [-0.1, -0.05) is 24.3 Å². The van der Waals surface area contributed by atoms with Gasteiger partial charge in [0.05, 0.1) is 20.8 Å². The summed E-state index contributed by atoms with van der Waals surface area (Å²) in [5.41, 5.74) is 3.41. The minimum Gasteiger partial charge on any atom is -0.497 e. The van der Waals surface area contributed by atoms with Crippen molar-refractivity contribution in [1.29, 1.82) is 0 Å². The highest BCUT2D eigenvalue weighted by atomic mass is 16.5. The van der Waals surface area contributed by atoms with E-state index < -0.39 is 0 Å². The van der Waals surface area contributed by atoms with Gasteiger partial charge in [-0.05, 0) is 23.3 Å². The zero-order chi connectivity index (χ0) is 19.6. The Morgan fingerprint density at radius 3 is 2.30 bits per heavy atom. The lowest BCUT2D eigenvalue weighted by Crippen LogP contribution is -2.38. The van der Waals surface area contributed by atoms with E-state index in [4.69, 9.17) is 14.2 Å². The van der Waals surface area contributed by atoms with Crippen molar-refractivity contribution in [2.24, 2.45) is 4.99 Å². The Morgan fingerprint density at radius 2 is 1.70 bits per heavy atom. The second-order valence-electron chi connectivity index (χ2n) is 6.18. The summed E-state index contributed by atoms with van der Waals surface area (Å²) in [6, 6.07) is 14.2. The number of rotatable bonds is 8. The molecule has 0 aliphatic rings. The summed E-state index contributed by atoms with van der Waals surface area (Å²) >= 11 is 0. The van der Waals surface area contributed by atoms with E-state index in [-0.39, 0.29) is 0 Å². The van der Waals surface area contributed by atoms with Crippen LogP contribution in [0, 0.1) is 0 Å². The van der Waals surface area contributed by atoms with Crippen LogP contribution in [-0.4, -0.2) is 46.3 Å². The lowest BCUT2D eigenvalue weighted by molar-refractivity contribution is 0.185. The summed E-state index contributed by atoms with van der Waals surface area (Å²) in [6.07, 6.45) is 0. The Kier molecular flexibility index (Phi) is 7.95.